The molecule has 210 valence electrons. The van der Waals surface area contributed by atoms with Crippen molar-refractivity contribution in [2.75, 3.05) is 48.1 Å². The fourth-order valence-electron chi connectivity index (χ4n) is 3.68. The number of carbonyl (C=O) groups excluding carboxylic acids is 2. The van der Waals surface area contributed by atoms with E-state index in [1.807, 2.05) is 56.3 Å². The molecule has 0 radical (unpaired) electrons. The zero-order chi connectivity index (χ0) is 29.0. The summed E-state index contributed by atoms with van der Waals surface area (Å²) in [4.78, 5) is 28.6. The fraction of sp³-hybridized carbons (Fsp3) is 0.379. The molecule has 0 aliphatic carbocycles. The third kappa shape index (κ3) is 8.08. The quantitative estimate of drug-likeness (QED) is 0.167. The summed E-state index contributed by atoms with van der Waals surface area (Å²) in [7, 11) is 2.06. The molecule has 1 heterocycles. The van der Waals surface area contributed by atoms with E-state index < -0.39 is 8.32 Å². The first-order valence-electron chi connectivity index (χ1n) is 12.9. The van der Waals surface area contributed by atoms with Crippen molar-refractivity contribution in [3.05, 3.63) is 68.9 Å². The second-order valence-corrected chi connectivity index (χ2v) is 17.7. The highest BCUT2D eigenvalue weighted by Gasteiger charge is 2.36. The number of aryl methyl sites for hydroxylation is 1. The zero-order valence-corrected chi connectivity index (χ0v) is 26.6. The number of hydrogen-bond donors (Lipinski definition) is 3. The summed E-state index contributed by atoms with van der Waals surface area (Å²) < 4.78 is 6.75. The number of nitrogens with one attached hydrogen (secondary N) is 3. The summed E-state index contributed by atoms with van der Waals surface area (Å²) in [5.74, 6) is -0.632. The molecular formula is C29H39ClN4O3SSi. The van der Waals surface area contributed by atoms with E-state index in [1.165, 1.54) is 11.3 Å². The van der Waals surface area contributed by atoms with Crippen molar-refractivity contribution in [3.8, 4) is 0 Å². The predicted molar refractivity (Wildman–Crippen MR) is 169 cm³/mol. The van der Waals surface area contributed by atoms with Crippen LogP contribution in [0.1, 0.15) is 46.4 Å². The maximum absolute atomic E-state index is 13.4. The van der Waals surface area contributed by atoms with Crippen LogP contribution in [-0.4, -0.2) is 47.4 Å². The number of carbonyl (C=O) groups is 2. The topological polar surface area (TPSA) is 82.7 Å². The number of nitrogens with zero attached hydrogens (tertiary/aromatic N) is 1. The average molecular weight is 587 g/mol. The van der Waals surface area contributed by atoms with Gasteiger partial charge in [0.05, 0.1) is 27.1 Å². The second kappa shape index (κ2) is 12.5. The van der Waals surface area contributed by atoms with E-state index in [9.17, 15) is 9.59 Å². The molecule has 0 aliphatic rings. The highest BCUT2D eigenvalue weighted by molar-refractivity contribution is 7.18. The van der Waals surface area contributed by atoms with Gasteiger partial charge in [0.15, 0.2) is 8.32 Å². The van der Waals surface area contributed by atoms with E-state index in [2.05, 4.69) is 49.8 Å². The van der Waals surface area contributed by atoms with Crippen LogP contribution in [0.4, 0.5) is 22.7 Å². The largest absolute Gasteiger partial charge is 0.415 e. The number of halogens is 1. The third-order valence-corrected chi connectivity index (χ3v) is 12.7. The van der Waals surface area contributed by atoms with Crippen molar-refractivity contribution in [2.24, 2.45) is 0 Å². The lowest BCUT2D eigenvalue weighted by Gasteiger charge is -2.36. The highest BCUT2D eigenvalue weighted by Crippen LogP contribution is 2.36. The molecule has 3 N–H and O–H groups in total. The van der Waals surface area contributed by atoms with E-state index in [0.717, 1.165) is 16.9 Å². The molecule has 0 spiro atoms. The Morgan fingerprint density at radius 3 is 2.18 bits per heavy atom. The molecule has 1 aromatic heterocycles. The number of hydrogen-bond acceptors (Lipinski definition) is 6. The van der Waals surface area contributed by atoms with Gasteiger partial charge in [-0.2, -0.15) is 0 Å². The molecular weight excluding hydrogens is 548 g/mol. The fourth-order valence-corrected chi connectivity index (χ4v) is 5.66. The van der Waals surface area contributed by atoms with Gasteiger partial charge in [0.2, 0.25) is 0 Å². The monoisotopic (exact) mass is 586 g/mol. The summed E-state index contributed by atoms with van der Waals surface area (Å²) in [5, 5.41) is 9.40. The minimum absolute atomic E-state index is 0.179. The van der Waals surface area contributed by atoms with Gasteiger partial charge < -0.3 is 25.3 Å². The molecule has 0 fully saturated rings. The van der Waals surface area contributed by atoms with Crippen LogP contribution in [0.25, 0.3) is 0 Å². The zero-order valence-electron chi connectivity index (χ0n) is 24.0. The number of benzene rings is 2. The molecule has 0 bridgehead atoms. The van der Waals surface area contributed by atoms with E-state index in [0.29, 0.717) is 39.3 Å². The lowest BCUT2D eigenvalue weighted by molar-refractivity contribution is 0.102. The van der Waals surface area contributed by atoms with Crippen LogP contribution in [0.5, 0.6) is 0 Å². The van der Waals surface area contributed by atoms with Crippen LogP contribution in [0.2, 0.25) is 22.5 Å². The lowest BCUT2D eigenvalue weighted by Crippen LogP contribution is -2.41. The van der Waals surface area contributed by atoms with Crippen LogP contribution in [-0.2, 0) is 4.43 Å². The summed E-state index contributed by atoms with van der Waals surface area (Å²) >= 11 is 7.19. The minimum Gasteiger partial charge on any atom is -0.415 e. The first-order valence-corrected chi connectivity index (χ1v) is 17.0. The van der Waals surface area contributed by atoms with Gasteiger partial charge in [-0.05, 0) is 79.2 Å². The maximum Gasteiger partial charge on any atom is 0.265 e. The van der Waals surface area contributed by atoms with Gasteiger partial charge in [0.25, 0.3) is 11.8 Å². The standard InChI is InChI=1S/C29H39ClN4O3SSi/c1-19-17-23(33-28(36)25-13-14-26(30)38-25)22(18-24(19)34(5)6)27(35)32-21-11-9-20(10-12-21)31-15-16-37-39(7,8)29(2,3)4/h9-14,17-18,31H,15-16H2,1-8H3,(H,32,35)(H,33,36). The van der Waals surface area contributed by atoms with Gasteiger partial charge in [-0.25, -0.2) is 0 Å². The molecule has 3 aromatic rings. The Balaban J connectivity index is 1.70. The average Bonchev–Trinajstić information content (AvgIpc) is 3.28. The van der Waals surface area contributed by atoms with Crippen molar-refractivity contribution < 1.29 is 14.0 Å². The minimum atomic E-state index is -1.77. The van der Waals surface area contributed by atoms with Crippen LogP contribution < -0.4 is 20.9 Å². The summed E-state index contributed by atoms with van der Waals surface area (Å²) in [6.07, 6.45) is 0. The highest BCUT2D eigenvalue weighted by atomic mass is 35.5. The van der Waals surface area contributed by atoms with Gasteiger partial charge in [-0.15, -0.1) is 11.3 Å². The van der Waals surface area contributed by atoms with Gasteiger partial charge in [0, 0.05) is 37.7 Å². The van der Waals surface area contributed by atoms with Crippen LogP contribution in [0.3, 0.4) is 0 Å². The number of amides is 2. The van der Waals surface area contributed by atoms with Crippen molar-refractivity contribution in [3.63, 3.8) is 0 Å². The Labute approximate surface area is 242 Å². The summed E-state index contributed by atoms with van der Waals surface area (Å²) in [6.45, 7) is 14.5. The van der Waals surface area contributed by atoms with Crippen LogP contribution in [0, 0.1) is 6.92 Å². The molecule has 2 aromatic carbocycles. The molecule has 10 heteroatoms. The Morgan fingerprint density at radius 1 is 0.974 bits per heavy atom. The molecule has 0 unspecified atom stereocenters. The lowest BCUT2D eigenvalue weighted by atomic mass is 10.1. The smallest absolute Gasteiger partial charge is 0.265 e. The Morgan fingerprint density at radius 2 is 1.62 bits per heavy atom. The number of rotatable bonds is 10. The molecule has 0 aliphatic heterocycles. The molecule has 0 saturated heterocycles. The van der Waals surface area contributed by atoms with E-state index >= 15 is 0 Å². The van der Waals surface area contributed by atoms with Gasteiger partial charge in [-0.1, -0.05) is 32.4 Å². The molecule has 39 heavy (non-hydrogen) atoms. The third-order valence-electron chi connectivity index (χ3n) is 6.95. The predicted octanol–water partition coefficient (Wildman–Crippen LogP) is 7.71. The van der Waals surface area contributed by atoms with E-state index in [4.69, 9.17) is 16.0 Å². The summed E-state index contributed by atoms with van der Waals surface area (Å²) in [6, 6.07) is 14.5. The van der Waals surface area contributed by atoms with Crippen molar-refractivity contribution in [2.45, 2.75) is 45.8 Å². The number of anilines is 4. The van der Waals surface area contributed by atoms with Crippen LogP contribution >= 0.6 is 22.9 Å². The normalized spacial score (nSPS) is 11.7. The molecule has 0 atom stereocenters. The first-order chi connectivity index (χ1) is 18.2. The van der Waals surface area contributed by atoms with Crippen molar-refractivity contribution >= 4 is 65.8 Å². The van der Waals surface area contributed by atoms with Crippen molar-refractivity contribution in [1.29, 1.82) is 0 Å². The maximum atomic E-state index is 13.4. The molecule has 3 rings (SSSR count). The molecule has 2 amide bonds. The number of thiophene rings is 1. The first kappa shape index (κ1) is 30.7. The molecule has 7 nitrogen and oxygen atoms in total. The van der Waals surface area contributed by atoms with Gasteiger partial charge in [-0.3, -0.25) is 9.59 Å². The second-order valence-electron chi connectivity index (χ2n) is 11.2. The van der Waals surface area contributed by atoms with E-state index in [1.54, 1.807) is 18.2 Å². The molecule has 0 saturated carbocycles. The van der Waals surface area contributed by atoms with Crippen LogP contribution in [0.15, 0.2) is 48.5 Å². The van der Waals surface area contributed by atoms with Crippen molar-refractivity contribution in [1.82, 2.24) is 0 Å². The van der Waals surface area contributed by atoms with Gasteiger partial charge in [0.1, 0.15) is 0 Å². The Kier molecular flexibility index (Phi) is 9.87. The van der Waals surface area contributed by atoms with Gasteiger partial charge >= 0.3 is 0 Å². The van der Waals surface area contributed by atoms with E-state index in [-0.39, 0.29) is 16.9 Å². The SMILES string of the molecule is Cc1cc(NC(=O)c2ccc(Cl)s2)c(C(=O)Nc2ccc(NCCO[Si](C)(C)C(C)(C)C)cc2)cc1N(C)C. The summed E-state index contributed by atoms with van der Waals surface area (Å²) in [5.41, 5.74) is 4.22. The Hall–Kier alpha value is -2.85. The Bertz CT molecular complexity index is 1320.